The molecular weight excluding hydrogens is 280 g/mol. The molecule has 1 aliphatic carbocycles. The second-order valence-electron chi connectivity index (χ2n) is 7.78. The Balaban J connectivity index is 1.43. The lowest BCUT2D eigenvalue weighted by Gasteiger charge is -2.37. The van der Waals surface area contributed by atoms with Crippen molar-refractivity contribution in [3.8, 4) is 0 Å². The molecular formula is C16H28N4O2. The molecule has 0 unspecified atom stereocenters. The van der Waals surface area contributed by atoms with Crippen molar-refractivity contribution in [2.24, 2.45) is 5.41 Å². The van der Waals surface area contributed by atoms with Gasteiger partial charge in [0.15, 0.2) is 5.82 Å². The molecule has 0 bridgehead atoms. The fourth-order valence-corrected chi connectivity index (χ4v) is 2.68. The van der Waals surface area contributed by atoms with Gasteiger partial charge >= 0.3 is 0 Å². The van der Waals surface area contributed by atoms with Crippen LogP contribution in [0.5, 0.6) is 0 Å². The monoisotopic (exact) mass is 308 g/mol. The van der Waals surface area contributed by atoms with Crippen LogP contribution in [0.2, 0.25) is 0 Å². The average molecular weight is 308 g/mol. The molecule has 22 heavy (non-hydrogen) atoms. The Labute approximate surface area is 132 Å². The molecule has 1 aromatic rings. The van der Waals surface area contributed by atoms with Crippen LogP contribution in [0.4, 0.5) is 0 Å². The van der Waals surface area contributed by atoms with E-state index < -0.39 is 0 Å². The number of aliphatic hydroxyl groups is 1. The standard InChI is InChI=1S/C16H28N4O2/c1-16(2,3)13(21)10-19-6-8-20(9-7-19)11-14-17-15(22-18-14)12-4-5-12/h12-13,21H,4-11H2,1-3H3/t13-/m0/s1. The SMILES string of the molecule is CC(C)(C)[C@@H](O)CN1CCN(Cc2noc(C3CC3)n2)CC1. The van der Waals surface area contributed by atoms with Crippen LogP contribution in [-0.4, -0.2) is 63.9 Å². The summed E-state index contributed by atoms with van der Waals surface area (Å²) in [6, 6.07) is 0. The molecule has 2 aliphatic rings. The van der Waals surface area contributed by atoms with E-state index in [9.17, 15) is 5.11 Å². The summed E-state index contributed by atoms with van der Waals surface area (Å²) in [5.74, 6) is 2.16. The van der Waals surface area contributed by atoms with Crippen molar-refractivity contribution in [3.05, 3.63) is 11.7 Å². The highest BCUT2D eigenvalue weighted by molar-refractivity contribution is 5.01. The van der Waals surface area contributed by atoms with Crippen molar-refractivity contribution in [1.29, 1.82) is 0 Å². The minimum atomic E-state index is -0.280. The van der Waals surface area contributed by atoms with Crippen molar-refractivity contribution < 1.29 is 9.63 Å². The van der Waals surface area contributed by atoms with Gasteiger partial charge in [-0.2, -0.15) is 4.98 Å². The molecule has 0 amide bonds. The average Bonchev–Trinajstić information content (AvgIpc) is 3.21. The molecule has 1 saturated carbocycles. The Bertz CT molecular complexity index is 485. The van der Waals surface area contributed by atoms with Crippen molar-refractivity contribution in [2.75, 3.05) is 32.7 Å². The summed E-state index contributed by atoms with van der Waals surface area (Å²) >= 11 is 0. The molecule has 124 valence electrons. The van der Waals surface area contributed by atoms with E-state index in [1.54, 1.807) is 0 Å². The van der Waals surface area contributed by atoms with Crippen LogP contribution in [0.15, 0.2) is 4.52 Å². The van der Waals surface area contributed by atoms with Gasteiger partial charge in [0, 0.05) is 38.6 Å². The summed E-state index contributed by atoms with van der Waals surface area (Å²) in [5, 5.41) is 14.3. The number of rotatable bonds is 5. The molecule has 2 fully saturated rings. The molecule has 0 aromatic carbocycles. The van der Waals surface area contributed by atoms with Gasteiger partial charge in [-0.05, 0) is 18.3 Å². The molecule has 1 saturated heterocycles. The van der Waals surface area contributed by atoms with E-state index in [2.05, 4.69) is 40.7 Å². The number of aliphatic hydroxyl groups excluding tert-OH is 1. The fourth-order valence-electron chi connectivity index (χ4n) is 2.68. The van der Waals surface area contributed by atoms with Crippen LogP contribution in [-0.2, 0) is 6.54 Å². The second-order valence-corrected chi connectivity index (χ2v) is 7.78. The summed E-state index contributed by atoms with van der Waals surface area (Å²) in [6.45, 7) is 11.7. The zero-order valence-corrected chi connectivity index (χ0v) is 14.0. The van der Waals surface area contributed by atoms with Gasteiger partial charge in [0.2, 0.25) is 5.89 Å². The molecule has 2 heterocycles. The molecule has 1 aliphatic heterocycles. The maximum atomic E-state index is 10.2. The Morgan fingerprint density at radius 3 is 2.41 bits per heavy atom. The van der Waals surface area contributed by atoms with Crippen LogP contribution < -0.4 is 0 Å². The van der Waals surface area contributed by atoms with Gasteiger partial charge < -0.3 is 9.63 Å². The first-order valence-electron chi connectivity index (χ1n) is 8.37. The van der Waals surface area contributed by atoms with Gasteiger partial charge in [0.05, 0.1) is 12.6 Å². The van der Waals surface area contributed by atoms with Gasteiger partial charge in [0.1, 0.15) is 0 Å². The van der Waals surface area contributed by atoms with Crippen molar-refractivity contribution in [1.82, 2.24) is 19.9 Å². The molecule has 6 heteroatoms. The topological polar surface area (TPSA) is 65.6 Å². The number of β-amino-alcohol motifs (C(OH)–C–C–N with tert-alkyl or cyclic N) is 1. The highest BCUT2D eigenvalue weighted by Gasteiger charge is 2.30. The predicted octanol–water partition coefficient (Wildman–Crippen LogP) is 1.47. The first-order valence-corrected chi connectivity index (χ1v) is 8.37. The molecule has 3 rings (SSSR count). The summed E-state index contributed by atoms with van der Waals surface area (Å²) < 4.78 is 5.31. The quantitative estimate of drug-likeness (QED) is 0.888. The zero-order valence-electron chi connectivity index (χ0n) is 14.0. The predicted molar refractivity (Wildman–Crippen MR) is 83.5 cm³/mol. The first-order chi connectivity index (χ1) is 10.4. The van der Waals surface area contributed by atoms with Crippen LogP contribution in [0.3, 0.4) is 0 Å². The third-order valence-corrected chi connectivity index (χ3v) is 4.67. The first kappa shape index (κ1) is 15.9. The van der Waals surface area contributed by atoms with Gasteiger partial charge in [-0.25, -0.2) is 0 Å². The molecule has 1 aromatic heterocycles. The molecule has 1 N–H and O–H groups in total. The lowest BCUT2D eigenvalue weighted by atomic mass is 9.89. The Hall–Kier alpha value is -0.980. The van der Waals surface area contributed by atoms with Gasteiger partial charge in [0.25, 0.3) is 0 Å². The highest BCUT2D eigenvalue weighted by Crippen LogP contribution is 2.38. The minimum absolute atomic E-state index is 0.0546. The van der Waals surface area contributed by atoms with E-state index >= 15 is 0 Å². The zero-order chi connectivity index (χ0) is 15.7. The maximum Gasteiger partial charge on any atom is 0.229 e. The molecule has 6 nitrogen and oxygen atoms in total. The van der Waals surface area contributed by atoms with E-state index in [0.717, 1.165) is 51.0 Å². The summed E-state index contributed by atoms with van der Waals surface area (Å²) in [7, 11) is 0. The lowest BCUT2D eigenvalue weighted by Crippen LogP contribution is -2.49. The van der Waals surface area contributed by atoms with Gasteiger partial charge in [-0.3, -0.25) is 9.80 Å². The molecule has 1 atom stereocenters. The lowest BCUT2D eigenvalue weighted by molar-refractivity contribution is 0.0122. The van der Waals surface area contributed by atoms with E-state index in [0.29, 0.717) is 5.92 Å². The molecule has 0 spiro atoms. The maximum absolute atomic E-state index is 10.2. The van der Waals surface area contributed by atoms with Crippen molar-refractivity contribution >= 4 is 0 Å². The Kier molecular flexibility index (Phi) is 4.52. The molecule has 0 radical (unpaired) electrons. The van der Waals surface area contributed by atoms with E-state index in [1.807, 2.05) is 0 Å². The summed E-state index contributed by atoms with van der Waals surface area (Å²) in [5.41, 5.74) is -0.0546. The van der Waals surface area contributed by atoms with E-state index in [1.165, 1.54) is 12.8 Å². The van der Waals surface area contributed by atoms with Gasteiger partial charge in [-0.1, -0.05) is 25.9 Å². The van der Waals surface area contributed by atoms with Crippen molar-refractivity contribution in [3.63, 3.8) is 0 Å². The normalized spacial score (nSPS) is 22.9. The summed E-state index contributed by atoms with van der Waals surface area (Å²) in [4.78, 5) is 9.20. The van der Waals surface area contributed by atoms with Crippen LogP contribution in [0, 0.1) is 5.41 Å². The third kappa shape index (κ3) is 4.06. The minimum Gasteiger partial charge on any atom is -0.391 e. The fraction of sp³-hybridized carbons (Fsp3) is 0.875. The third-order valence-electron chi connectivity index (χ3n) is 4.67. The van der Waals surface area contributed by atoms with Crippen LogP contribution in [0.1, 0.15) is 51.2 Å². The summed E-state index contributed by atoms with van der Waals surface area (Å²) in [6.07, 6.45) is 2.10. The largest absolute Gasteiger partial charge is 0.391 e. The number of aromatic nitrogens is 2. The number of hydrogen-bond acceptors (Lipinski definition) is 6. The highest BCUT2D eigenvalue weighted by atomic mass is 16.5. The van der Waals surface area contributed by atoms with E-state index in [-0.39, 0.29) is 11.5 Å². The Morgan fingerprint density at radius 2 is 1.82 bits per heavy atom. The van der Waals surface area contributed by atoms with Crippen LogP contribution >= 0.6 is 0 Å². The van der Waals surface area contributed by atoms with Gasteiger partial charge in [-0.15, -0.1) is 0 Å². The number of hydrogen-bond donors (Lipinski definition) is 1. The number of piperazine rings is 1. The van der Waals surface area contributed by atoms with E-state index in [4.69, 9.17) is 4.52 Å². The van der Waals surface area contributed by atoms with Crippen LogP contribution in [0.25, 0.3) is 0 Å². The van der Waals surface area contributed by atoms with Crippen molar-refractivity contribution in [2.45, 2.75) is 52.2 Å². The second kappa shape index (κ2) is 6.26. The smallest absolute Gasteiger partial charge is 0.229 e. The number of nitrogens with zero attached hydrogens (tertiary/aromatic N) is 4. The Morgan fingerprint density at radius 1 is 1.18 bits per heavy atom.